The zero-order valence-electron chi connectivity index (χ0n) is 17.1. The summed E-state index contributed by atoms with van der Waals surface area (Å²) >= 11 is 4.94. The zero-order chi connectivity index (χ0) is 22.9. The van der Waals surface area contributed by atoms with Gasteiger partial charge in [-0.2, -0.15) is 10.1 Å². The molecule has 10 nitrogen and oxygen atoms in total. The molecule has 5 heterocycles. The van der Waals surface area contributed by atoms with Gasteiger partial charge in [-0.15, -0.1) is 12.6 Å². The molecule has 1 atom stereocenters. The summed E-state index contributed by atoms with van der Waals surface area (Å²) in [5, 5.41) is 7.31. The number of nitrogen functional groups attached to an aromatic ring is 1. The fourth-order valence-electron chi connectivity index (χ4n) is 4.38. The van der Waals surface area contributed by atoms with Crippen molar-refractivity contribution < 1.29 is 9.18 Å². The minimum Gasteiger partial charge on any atom is -0.368 e. The number of hydrogen-bond acceptors (Lipinski definition) is 8. The Morgan fingerprint density at radius 3 is 2.67 bits per heavy atom. The van der Waals surface area contributed by atoms with E-state index in [2.05, 4.69) is 20.4 Å². The van der Waals surface area contributed by atoms with Crippen LogP contribution in [0.4, 0.5) is 16.2 Å². The van der Waals surface area contributed by atoms with Gasteiger partial charge in [-0.1, -0.05) is 18.2 Å². The third kappa shape index (κ3) is 2.70. The van der Waals surface area contributed by atoms with Crippen LogP contribution in [0.2, 0.25) is 0 Å². The summed E-state index contributed by atoms with van der Waals surface area (Å²) in [5.74, 6) is -0.360. The van der Waals surface area contributed by atoms with Gasteiger partial charge in [0.2, 0.25) is 5.95 Å². The fourth-order valence-corrected chi connectivity index (χ4v) is 4.82. The lowest BCUT2D eigenvalue weighted by atomic mass is 9.99. The molecule has 0 spiro atoms. The van der Waals surface area contributed by atoms with E-state index in [1.165, 1.54) is 21.3 Å². The highest BCUT2D eigenvalue weighted by atomic mass is 32.1. The molecule has 6 rings (SSSR count). The van der Waals surface area contributed by atoms with E-state index < -0.39 is 16.2 Å². The Balaban J connectivity index is 1.61. The van der Waals surface area contributed by atoms with Crippen molar-refractivity contribution in [3.05, 3.63) is 75.8 Å². The first kappa shape index (κ1) is 19.7. The molecule has 33 heavy (non-hydrogen) atoms. The molecule has 0 unspecified atom stereocenters. The third-order valence-electron chi connectivity index (χ3n) is 6.02. The first-order chi connectivity index (χ1) is 15.9. The molecule has 1 amide bonds. The molecule has 4 aromatic rings. The maximum absolute atomic E-state index is 14.4. The summed E-state index contributed by atoms with van der Waals surface area (Å²) < 4.78 is 17.0. The number of nitrogens with two attached hydrogens (primary N) is 1. The van der Waals surface area contributed by atoms with Gasteiger partial charge in [-0.25, -0.2) is 13.9 Å². The van der Waals surface area contributed by atoms with Crippen molar-refractivity contribution in [1.29, 1.82) is 0 Å². The van der Waals surface area contributed by atoms with E-state index >= 15 is 0 Å². The molecule has 2 aliphatic rings. The lowest BCUT2D eigenvalue weighted by Gasteiger charge is -2.50. The number of fused-ring (bicyclic) bond motifs is 2. The van der Waals surface area contributed by atoms with Gasteiger partial charge in [0.05, 0.1) is 17.9 Å². The number of benzene rings is 1. The Hall–Kier alpha value is -3.93. The second-order valence-corrected chi connectivity index (χ2v) is 8.62. The van der Waals surface area contributed by atoms with Gasteiger partial charge in [0.25, 0.3) is 11.5 Å². The molecule has 2 aliphatic heterocycles. The number of rotatable bonds is 3. The summed E-state index contributed by atoms with van der Waals surface area (Å²) in [5.41, 5.74) is 6.51. The van der Waals surface area contributed by atoms with Crippen LogP contribution < -0.4 is 21.5 Å². The summed E-state index contributed by atoms with van der Waals surface area (Å²) in [6.07, 6.45) is 1.88. The van der Waals surface area contributed by atoms with Crippen LogP contribution in [0.5, 0.6) is 0 Å². The van der Waals surface area contributed by atoms with Crippen LogP contribution >= 0.6 is 12.6 Å². The molecule has 12 heteroatoms. The van der Waals surface area contributed by atoms with E-state index in [0.717, 1.165) is 0 Å². The van der Waals surface area contributed by atoms with Crippen LogP contribution in [0.25, 0.3) is 11.2 Å². The van der Waals surface area contributed by atoms with Crippen LogP contribution in [0, 0.1) is 5.82 Å². The number of para-hydroxylation sites is 1. The van der Waals surface area contributed by atoms with E-state index in [1.54, 1.807) is 29.2 Å². The van der Waals surface area contributed by atoms with Crippen molar-refractivity contribution in [3.63, 3.8) is 0 Å². The number of anilines is 2. The van der Waals surface area contributed by atoms with Crippen molar-refractivity contribution in [1.82, 2.24) is 29.5 Å². The number of amides is 1. The summed E-state index contributed by atoms with van der Waals surface area (Å²) in [6, 6.07) is 10.0. The molecule has 1 aromatic carbocycles. The van der Waals surface area contributed by atoms with Crippen LogP contribution in [-0.4, -0.2) is 36.6 Å². The van der Waals surface area contributed by atoms with Crippen molar-refractivity contribution in [2.24, 2.45) is 0 Å². The maximum Gasteiger partial charge on any atom is 0.285 e. The van der Waals surface area contributed by atoms with Crippen LogP contribution in [0.15, 0.2) is 47.4 Å². The Labute approximate surface area is 191 Å². The normalized spacial score (nSPS) is 19.5. The number of carbonyl (C=O) groups excluding carboxylic acids is 1. The maximum atomic E-state index is 14.4. The molecule has 0 radical (unpaired) electrons. The van der Waals surface area contributed by atoms with E-state index in [1.807, 2.05) is 6.07 Å². The fraction of sp³-hybridized carbons (Fsp3) is 0.190. The Bertz CT molecular complexity index is 1520. The monoisotopic (exact) mass is 464 g/mol. The molecule has 0 bridgehead atoms. The predicted octanol–water partition coefficient (Wildman–Crippen LogP) is 1.23. The summed E-state index contributed by atoms with van der Waals surface area (Å²) in [4.78, 5) is 35.1. The SMILES string of the molecule is Nc1nc2c(c(N3CC[C@@]3(S)c3nn4ccc(F)c4c(=O)n3-c3ccccc3)n1)C(=O)NC2. The third-order valence-corrected chi connectivity index (χ3v) is 6.69. The standard InChI is InChI=1S/C21H17FN8O2S/c22-12-6-8-29-15(12)18(32)30(11-4-2-1-3-5-11)19(27-29)21(33)7-9-28(21)16-14-13(10-24-17(14)31)25-20(23)26-16/h1-6,8,33H,7,9-10H2,(H,24,31)(H2,23,25,26)/t21-/m1/s1. The second kappa shape index (κ2) is 6.78. The van der Waals surface area contributed by atoms with Crippen LogP contribution in [0.3, 0.4) is 0 Å². The molecule has 166 valence electrons. The minimum atomic E-state index is -1.12. The Morgan fingerprint density at radius 2 is 1.94 bits per heavy atom. The number of carbonyl (C=O) groups is 1. The average Bonchev–Trinajstić information content (AvgIpc) is 3.35. The van der Waals surface area contributed by atoms with Crippen molar-refractivity contribution in [3.8, 4) is 5.69 Å². The smallest absolute Gasteiger partial charge is 0.285 e. The van der Waals surface area contributed by atoms with Gasteiger partial charge < -0.3 is 16.0 Å². The molecule has 3 N–H and O–H groups in total. The zero-order valence-corrected chi connectivity index (χ0v) is 18.0. The van der Waals surface area contributed by atoms with E-state index in [4.69, 9.17) is 18.4 Å². The number of halogens is 1. The van der Waals surface area contributed by atoms with E-state index in [0.29, 0.717) is 35.7 Å². The molecule has 1 fully saturated rings. The molecular weight excluding hydrogens is 447 g/mol. The number of nitrogens with one attached hydrogen (secondary N) is 1. The van der Waals surface area contributed by atoms with Crippen molar-refractivity contribution in [2.75, 3.05) is 17.2 Å². The van der Waals surface area contributed by atoms with Gasteiger partial charge in [-0.05, 0) is 18.2 Å². The average molecular weight is 464 g/mol. The van der Waals surface area contributed by atoms with Crippen LogP contribution in [0.1, 0.15) is 28.3 Å². The molecule has 3 aromatic heterocycles. The topological polar surface area (TPSA) is 123 Å². The van der Waals surface area contributed by atoms with E-state index in [-0.39, 0.29) is 29.7 Å². The number of aromatic nitrogens is 5. The summed E-state index contributed by atoms with van der Waals surface area (Å²) in [6.45, 7) is 0.741. The highest BCUT2D eigenvalue weighted by molar-refractivity contribution is 7.81. The van der Waals surface area contributed by atoms with Crippen LogP contribution in [-0.2, 0) is 11.4 Å². The van der Waals surface area contributed by atoms with E-state index in [9.17, 15) is 14.0 Å². The van der Waals surface area contributed by atoms with Crippen molar-refractivity contribution in [2.45, 2.75) is 17.8 Å². The number of nitrogens with zero attached hydrogens (tertiary/aromatic N) is 6. The first-order valence-corrected chi connectivity index (χ1v) is 10.6. The highest BCUT2D eigenvalue weighted by Crippen LogP contribution is 2.47. The van der Waals surface area contributed by atoms with Gasteiger partial charge in [0.15, 0.2) is 17.2 Å². The Morgan fingerprint density at radius 1 is 1.15 bits per heavy atom. The number of hydrogen-bond donors (Lipinski definition) is 3. The molecule has 0 saturated carbocycles. The lowest BCUT2D eigenvalue weighted by Crippen LogP contribution is -2.57. The van der Waals surface area contributed by atoms with Gasteiger partial charge in [-0.3, -0.25) is 14.2 Å². The Kier molecular flexibility index (Phi) is 4.06. The summed E-state index contributed by atoms with van der Waals surface area (Å²) in [7, 11) is 0. The largest absolute Gasteiger partial charge is 0.368 e. The van der Waals surface area contributed by atoms with Gasteiger partial charge in [0.1, 0.15) is 16.3 Å². The second-order valence-electron chi connectivity index (χ2n) is 7.88. The quantitative estimate of drug-likeness (QED) is 0.390. The molecule has 0 aliphatic carbocycles. The van der Waals surface area contributed by atoms with Gasteiger partial charge in [0, 0.05) is 19.2 Å². The minimum absolute atomic E-state index is 0.0270. The van der Waals surface area contributed by atoms with Gasteiger partial charge >= 0.3 is 0 Å². The predicted molar refractivity (Wildman–Crippen MR) is 121 cm³/mol. The number of thiol groups is 1. The van der Waals surface area contributed by atoms with Crippen molar-refractivity contribution >= 4 is 35.8 Å². The first-order valence-electron chi connectivity index (χ1n) is 10.2. The highest BCUT2D eigenvalue weighted by Gasteiger charge is 2.50. The molecular formula is C21H17FN8O2S. The molecule has 1 saturated heterocycles. The lowest BCUT2D eigenvalue weighted by molar-refractivity contribution is 0.0965.